The van der Waals surface area contributed by atoms with Gasteiger partial charge in [0.25, 0.3) is 0 Å². The van der Waals surface area contributed by atoms with Crippen LogP contribution in [0.5, 0.6) is 17.2 Å². The van der Waals surface area contributed by atoms with Crippen molar-refractivity contribution in [3.05, 3.63) is 65.7 Å². The second kappa shape index (κ2) is 6.27. The zero-order valence-electron chi connectivity index (χ0n) is 12.5. The first-order chi connectivity index (χ1) is 9.95. The van der Waals surface area contributed by atoms with Crippen molar-refractivity contribution in [1.82, 2.24) is 0 Å². The fourth-order valence-corrected chi connectivity index (χ4v) is 1.77. The SMILES string of the molecule is C=C(C)C(=O)Oc1cc(C)ccc1Oc1cccc(C)c1. The molecule has 0 heterocycles. The lowest BCUT2D eigenvalue weighted by molar-refractivity contribution is -0.130. The van der Waals surface area contributed by atoms with Gasteiger partial charge in [0.1, 0.15) is 5.75 Å². The molecule has 0 unspecified atom stereocenters. The molecule has 2 rings (SSSR count). The molecular weight excluding hydrogens is 264 g/mol. The molecular formula is C18H18O3. The lowest BCUT2D eigenvalue weighted by Crippen LogP contribution is -2.09. The van der Waals surface area contributed by atoms with E-state index in [9.17, 15) is 4.79 Å². The highest BCUT2D eigenvalue weighted by atomic mass is 16.6. The first-order valence-corrected chi connectivity index (χ1v) is 6.68. The number of benzene rings is 2. The van der Waals surface area contributed by atoms with Crippen LogP contribution in [-0.2, 0) is 4.79 Å². The normalized spacial score (nSPS) is 10.0. The lowest BCUT2D eigenvalue weighted by atomic mass is 10.2. The Kier molecular flexibility index (Phi) is 4.43. The van der Waals surface area contributed by atoms with Crippen LogP contribution in [0.1, 0.15) is 18.1 Å². The van der Waals surface area contributed by atoms with Crippen molar-refractivity contribution < 1.29 is 14.3 Å². The molecule has 0 N–H and O–H groups in total. The maximum Gasteiger partial charge on any atom is 0.338 e. The second-order valence-electron chi connectivity index (χ2n) is 5.04. The van der Waals surface area contributed by atoms with Gasteiger partial charge in [-0.1, -0.05) is 24.8 Å². The van der Waals surface area contributed by atoms with E-state index in [1.54, 1.807) is 19.1 Å². The van der Waals surface area contributed by atoms with E-state index in [4.69, 9.17) is 9.47 Å². The highest BCUT2D eigenvalue weighted by molar-refractivity contribution is 5.89. The Labute approximate surface area is 124 Å². The molecule has 2 aromatic rings. The molecule has 2 aromatic carbocycles. The van der Waals surface area contributed by atoms with Gasteiger partial charge < -0.3 is 9.47 Å². The summed E-state index contributed by atoms with van der Waals surface area (Å²) in [6.07, 6.45) is 0. The summed E-state index contributed by atoms with van der Waals surface area (Å²) >= 11 is 0. The molecule has 0 amide bonds. The molecule has 0 aliphatic carbocycles. The maximum atomic E-state index is 11.7. The summed E-state index contributed by atoms with van der Waals surface area (Å²) in [6, 6.07) is 13.2. The Balaban J connectivity index is 2.30. The van der Waals surface area contributed by atoms with Gasteiger partial charge in [0, 0.05) is 5.57 Å². The van der Waals surface area contributed by atoms with E-state index in [1.807, 2.05) is 44.2 Å². The average molecular weight is 282 g/mol. The van der Waals surface area contributed by atoms with Gasteiger partial charge in [0.2, 0.25) is 0 Å². The minimum absolute atomic E-state index is 0.345. The van der Waals surface area contributed by atoms with Crippen molar-refractivity contribution in [3.8, 4) is 17.2 Å². The standard InChI is InChI=1S/C18H18O3/c1-12(2)18(19)21-17-11-14(4)8-9-16(17)20-15-7-5-6-13(3)10-15/h5-11H,1H2,2-4H3. The van der Waals surface area contributed by atoms with Gasteiger partial charge in [-0.05, 0) is 56.2 Å². The lowest BCUT2D eigenvalue weighted by Gasteiger charge is -2.12. The van der Waals surface area contributed by atoms with Crippen molar-refractivity contribution in [1.29, 1.82) is 0 Å². The monoisotopic (exact) mass is 282 g/mol. The van der Waals surface area contributed by atoms with E-state index in [1.165, 1.54) is 0 Å². The van der Waals surface area contributed by atoms with E-state index in [0.717, 1.165) is 11.1 Å². The largest absolute Gasteiger partial charge is 0.453 e. The number of esters is 1. The van der Waals surface area contributed by atoms with Crippen molar-refractivity contribution >= 4 is 5.97 Å². The van der Waals surface area contributed by atoms with Gasteiger partial charge in [-0.3, -0.25) is 0 Å². The molecule has 0 saturated heterocycles. The van der Waals surface area contributed by atoms with E-state index in [2.05, 4.69) is 6.58 Å². The molecule has 0 spiro atoms. The first kappa shape index (κ1) is 14.9. The summed E-state index contributed by atoms with van der Waals surface area (Å²) < 4.78 is 11.1. The Morgan fingerprint density at radius 2 is 1.71 bits per heavy atom. The van der Waals surface area contributed by atoms with Crippen molar-refractivity contribution in [2.75, 3.05) is 0 Å². The first-order valence-electron chi connectivity index (χ1n) is 6.68. The third kappa shape index (κ3) is 3.96. The molecule has 3 nitrogen and oxygen atoms in total. The van der Waals surface area contributed by atoms with Gasteiger partial charge in [-0.15, -0.1) is 0 Å². The van der Waals surface area contributed by atoms with Crippen LogP contribution in [0.2, 0.25) is 0 Å². The molecule has 0 aromatic heterocycles. The fraction of sp³-hybridized carbons (Fsp3) is 0.167. The van der Waals surface area contributed by atoms with Crippen molar-refractivity contribution in [3.63, 3.8) is 0 Å². The maximum absolute atomic E-state index is 11.7. The van der Waals surface area contributed by atoms with Crippen molar-refractivity contribution in [2.45, 2.75) is 20.8 Å². The van der Waals surface area contributed by atoms with Crippen molar-refractivity contribution in [2.24, 2.45) is 0 Å². The molecule has 0 aliphatic heterocycles. The third-order valence-corrected chi connectivity index (χ3v) is 2.87. The number of ether oxygens (including phenoxy) is 2. The van der Waals surface area contributed by atoms with Crippen LogP contribution in [-0.4, -0.2) is 5.97 Å². The van der Waals surface area contributed by atoms with E-state index < -0.39 is 5.97 Å². The van der Waals surface area contributed by atoms with Gasteiger partial charge in [-0.25, -0.2) is 4.79 Å². The number of carbonyl (C=O) groups excluding carboxylic acids is 1. The Morgan fingerprint density at radius 3 is 2.38 bits per heavy atom. The highest BCUT2D eigenvalue weighted by Crippen LogP contribution is 2.33. The summed E-state index contributed by atoms with van der Waals surface area (Å²) in [5, 5.41) is 0. The molecule has 0 radical (unpaired) electrons. The Bertz CT molecular complexity index is 687. The summed E-state index contributed by atoms with van der Waals surface area (Å²) in [7, 11) is 0. The molecule has 0 fully saturated rings. The number of hydrogen-bond donors (Lipinski definition) is 0. The molecule has 0 saturated carbocycles. The minimum Gasteiger partial charge on any atom is -0.453 e. The topological polar surface area (TPSA) is 35.5 Å². The second-order valence-corrected chi connectivity index (χ2v) is 5.04. The van der Waals surface area contributed by atoms with Crippen LogP contribution >= 0.6 is 0 Å². The quantitative estimate of drug-likeness (QED) is 0.468. The number of aryl methyl sites for hydroxylation is 2. The van der Waals surface area contributed by atoms with Gasteiger partial charge in [0.15, 0.2) is 11.5 Å². The van der Waals surface area contributed by atoms with Crippen LogP contribution in [0.4, 0.5) is 0 Å². The highest BCUT2D eigenvalue weighted by Gasteiger charge is 2.12. The van der Waals surface area contributed by atoms with E-state index in [-0.39, 0.29) is 0 Å². The van der Waals surface area contributed by atoms with E-state index in [0.29, 0.717) is 22.8 Å². The zero-order valence-corrected chi connectivity index (χ0v) is 12.5. The van der Waals surface area contributed by atoms with Crippen LogP contribution in [0.3, 0.4) is 0 Å². The smallest absolute Gasteiger partial charge is 0.338 e. The fourth-order valence-electron chi connectivity index (χ4n) is 1.77. The summed E-state index contributed by atoms with van der Waals surface area (Å²) in [5.74, 6) is 1.13. The Morgan fingerprint density at radius 1 is 1.00 bits per heavy atom. The zero-order chi connectivity index (χ0) is 15.4. The molecule has 108 valence electrons. The number of carbonyl (C=O) groups is 1. The summed E-state index contributed by atoms with van der Waals surface area (Å²) in [4.78, 5) is 11.7. The predicted octanol–water partition coefficient (Wildman–Crippen LogP) is 4.58. The molecule has 0 bridgehead atoms. The number of hydrogen-bond acceptors (Lipinski definition) is 3. The van der Waals surface area contributed by atoms with Crippen LogP contribution in [0, 0.1) is 13.8 Å². The Hall–Kier alpha value is -2.55. The molecule has 21 heavy (non-hydrogen) atoms. The van der Waals surface area contributed by atoms with E-state index >= 15 is 0 Å². The molecule has 0 aliphatic rings. The van der Waals surface area contributed by atoms with Crippen LogP contribution < -0.4 is 9.47 Å². The average Bonchev–Trinajstić information content (AvgIpc) is 2.41. The van der Waals surface area contributed by atoms with Crippen LogP contribution in [0.15, 0.2) is 54.6 Å². The van der Waals surface area contributed by atoms with Crippen LogP contribution in [0.25, 0.3) is 0 Å². The minimum atomic E-state index is -0.463. The van der Waals surface area contributed by atoms with Gasteiger partial charge in [-0.2, -0.15) is 0 Å². The predicted molar refractivity (Wildman–Crippen MR) is 82.9 cm³/mol. The summed E-state index contributed by atoms with van der Waals surface area (Å²) in [6.45, 7) is 9.11. The van der Waals surface area contributed by atoms with Gasteiger partial charge in [0.05, 0.1) is 0 Å². The van der Waals surface area contributed by atoms with Gasteiger partial charge >= 0.3 is 5.97 Å². The summed E-state index contributed by atoms with van der Waals surface area (Å²) in [5.41, 5.74) is 2.43. The third-order valence-electron chi connectivity index (χ3n) is 2.87. The molecule has 0 atom stereocenters. The number of rotatable bonds is 4. The molecule has 3 heteroatoms.